The average molecular weight is 361 g/mol. The molecule has 2 aromatic heterocycles. The summed E-state index contributed by atoms with van der Waals surface area (Å²) in [5.41, 5.74) is 9.30. The van der Waals surface area contributed by atoms with Gasteiger partial charge >= 0.3 is 0 Å². The van der Waals surface area contributed by atoms with E-state index in [1.54, 1.807) is 0 Å². The summed E-state index contributed by atoms with van der Waals surface area (Å²) < 4.78 is 4.83. The fourth-order valence-corrected chi connectivity index (χ4v) is 4.27. The molecule has 3 heteroatoms. The fourth-order valence-electron chi connectivity index (χ4n) is 4.15. The number of halogens is 1. The Hall–Kier alpha value is -2.45. The van der Waals surface area contributed by atoms with Gasteiger partial charge in [0.25, 0.3) is 0 Å². The summed E-state index contributed by atoms with van der Waals surface area (Å²) in [5.74, 6) is 0. The van der Waals surface area contributed by atoms with E-state index in [0.29, 0.717) is 0 Å². The molecule has 2 nitrogen and oxygen atoms in total. The summed E-state index contributed by atoms with van der Waals surface area (Å²) >= 11 is 6.08. The van der Waals surface area contributed by atoms with Crippen LogP contribution in [0.2, 0.25) is 5.02 Å². The molecule has 0 atom stereocenters. The number of rotatable bonds is 2. The smallest absolute Gasteiger partial charge is 0.121 e. The summed E-state index contributed by atoms with van der Waals surface area (Å²) in [6.07, 6.45) is 8.15. The van der Waals surface area contributed by atoms with Crippen LogP contribution in [-0.4, -0.2) is 8.97 Å². The number of hydrogen-bond donors (Lipinski definition) is 0. The minimum Gasteiger partial charge on any atom is -0.325 e. The van der Waals surface area contributed by atoms with Crippen LogP contribution < -0.4 is 0 Å². The van der Waals surface area contributed by atoms with Crippen LogP contribution in [0.4, 0.5) is 0 Å². The minimum atomic E-state index is 0.787. The van der Waals surface area contributed by atoms with Gasteiger partial charge in [-0.3, -0.25) is 0 Å². The van der Waals surface area contributed by atoms with Crippen molar-refractivity contribution in [1.82, 2.24) is 8.97 Å². The molecule has 0 saturated heterocycles. The van der Waals surface area contributed by atoms with Crippen molar-refractivity contribution in [1.29, 1.82) is 0 Å². The molecule has 0 spiro atoms. The Morgan fingerprint density at radius 1 is 0.846 bits per heavy atom. The second kappa shape index (κ2) is 6.07. The van der Waals surface area contributed by atoms with Crippen molar-refractivity contribution in [2.45, 2.75) is 32.7 Å². The van der Waals surface area contributed by atoms with Crippen molar-refractivity contribution in [2.24, 2.45) is 0 Å². The van der Waals surface area contributed by atoms with E-state index < -0.39 is 0 Å². The number of benzene rings is 2. The molecule has 1 aliphatic heterocycles. The summed E-state index contributed by atoms with van der Waals surface area (Å²) in [5, 5.41) is 0.787. The predicted octanol–water partition coefficient (Wildman–Crippen LogP) is 6.37. The summed E-state index contributed by atoms with van der Waals surface area (Å²) in [7, 11) is 0. The Morgan fingerprint density at radius 2 is 1.58 bits per heavy atom. The monoisotopic (exact) mass is 360 g/mol. The van der Waals surface area contributed by atoms with Crippen molar-refractivity contribution < 1.29 is 0 Å². The molecule has 0 N–H and O–H groups in total. The van der Waals surface area contributed by atoms with Crippen molar-refractivity contribution in [3.63, 3.8) is 0 Å². The molecular formula is C23H21ClN2. The van der Waals surface area contributed by atoms with Gasteiger partial charge in [0.15, 0.2) is 0 Å². The van der Waals surface area contributed by atoms with Crippen molar-refractivity contribution in [3.8, 4) is 22.4 Å². The van der Waals surface area contributed by atoms with E-state index in [9.17, 15) is 0 Å². The molecule has 4 aromatic rings. The van der Waals surface area contributed by atoms with Crippen LogP contribution in [0.25, 0.3) is 28.0 Å². The zero-order valence-corrected chi connectivity index (χ0v) is 15.6. The third kappa shape index (κ3) is 2.48. The first-order valence-corrected chi connectivity index (χ1v) is 9.64. The minimum absolute atomic E-state index is 0.787. The maximum atomic E-state index is 6.08. The largest absolute Gasteiger partial charge is 0.325 e. The standard InChI is InChI=1S/C23H21ClN2/c1-16-5-7-18(8-6-16)22-15-25-14-21(17-9-11-19(24)12-10-17)20-4-2-3-13-26(22)23(20)25/h5-12,14-15H,2-4,13H2,1H3. The molecule has 0 bridgehead atoms. The Kier molecular flexibility index (Phi) is 3.68. The van der Waals surface area contributed by atoms with E-state index in [1.807, 2.05) is 12.1 Å². The second-order valence-electron chi connectivity index (χ2n) is 7.25. The van der Waals surface area contributed by atoms with Crippen LogP contribution in [0, 0.1) is 6.92 Å². The van der Waals surface area contributed by atoms with Crippen LogP contribution in [0.15, 0.2) is 60.9 Å². The first kappa shape index (κ1) is 15.8. The molecule has 0 saturated carbocycles. The highest BCUT2D eigenvalue weighted by Gasteiger charge is 2.21. The zero-order valence-electron chi connectivity index (χ0n) is 14.9. The summed E-state index contributed by atoms with van der Waals surface area (Å²) in [6.45, 7) is 3.22. The topological polar surface area (TPSA) is 9.34 Å². The predicted molar refractivity (Wildman–Crippen MR) is 109 cm³/mol. The first-order valence-electron chi connectivity index (χ1n) is 9.27. The van der Waals surface area contributed by atoms with Crippen LogP contribution in [0.1, 0.15) is 24.0 Å². The maximum absolute atomic E-state index is 6.08. The lowest BCUT2D eigenvalue weighted by Crippen LogP contribution is -1.98. The Balaban J connectivity index is 1.72. The molecule has 5 rings (SSSR count). The lowest BCUT2D eigenvalue weighted by Gasteiger charge is -2.08. The molecule has 26 heavy (non-hydrogen) atoms. The van der Waals surface area contributed by atoms with Gasteiger partial charge in [0.1, 0.15) is 5.65 Å². The van der Waals surface area contributed by atoms with Gasteiger partial charge in [0, 0.05) is 35.1 Å². The van der Waals surface area contributed by atoms with Gasteiger partial charge in [-0.25, -0.2) is 0 Å². The van der Waals surface area contributed by atoms with Gasteiger partial charge < -0.3 is 8.97 Å². The zero-order chi connectivity index (χ0) is 17.7. The molecule has 0 unspecified atom stereocenters. The van der Waals surface area contributed by atoms with E-state index in [2.05, 4.69) is 64.7 Å². The lowest BCUT2D eigenvalue weighted by atomic mass is 10.0. The quantitative estimate of drug-likeness (QED) is 0.392. The molecule has 3 heterocycles. The normalized spacial score (nSPS) is 13.9. The summed E-state index contributed by atoms with van der Waals surface area (Å²) in [6, 6.07) is 17.1. The van der Waals surface area contributed by atoms with E-state index in [-0.39, 0.29) is 0 Å². The Morgan fingerprint density at radius 3 is 2.35 bits per heavy atom. The van der Waals surface area contributed by atoms with E-state index in [1.165, 1.54) is 52.0 Å². The van der Waals surface area contributed by atoms with Crippen molar-refractivity contribution >= 4 is 17.2 Å². The maximum Gasteiger partial charge on any atom is 0.121 e. The SMILES string of the molecule is Cc1ccc(-c2cn3cc(-c4ccc(Cl)cc4)c4c3n2CCCC4)cc1. The molecule has 1 aliphatic rings. The number of nitrogens with zero attached hydrogens (tertiary/aromatic N) is 2. The van der Waals surface area contributed by atoms with Crippen LogP contribution in [-0.2, 0) is 13.0 Å². The summed E-state index contributed by atoms with van der Waals surface area (Å²) in [4.78, 5) is 0. The van der Waals surface area contributed by atoms with Crippen LogP contribution >= 0.6 is 11.6 Å². The average Bonchev–Trinajstić information content (AvgIpc) is 3.07. The number of imidazole rings is 1. The third-order valence-corrected chi connectivity index (χ3v) is 5.73. The lowest BCUT2D eigenvalue weighted by molar-refractivity contribution is 0.647. The molecule has 0 radical (unpaired) electrons. The van der Waals surface area contributed by atoms with Gasteiger partial charge in [-0.1, -0.05) is 53.6 Å². The van der Waals surface area contributed by atoms with Crippen molar-refractivity contribution in [2.75, 3.05) is 0 Å². The number of aryl methyl sites for hydroxylation is 3. The first-order chi connectivity index (χ1) is 12.7. The van der Waals surface area contributed by atoms with Gasteiger partial charge in [0.05, 0.1) is 5.69 Å². The highest BCUT2D eigenvalue weighted by atomic mass is 35.5. The fraction of sp³-hybridized carbons (Fsp3) is 0.217. The molecule has 2 aromatic carbocycles. The van der Waals surface area contributed by atoms with E-state index in [0.717, 1.165) is 18.0 Å². The van der Waals surface area contributed by atoms with Crippen LogP contribution in [0.5, 0.6) is 0 Å². The Bertz CT molecular complexity index is 997. The van der Waals surface area contributed by atoms with Gasteiger partial charge in [-0.15, -0.1) is 0 Å². The van der Waals surface area contributed by atoms with Gasteiger partial charge in [0.2, 0.25) is 0 Å². The van der Waals surface area contributed by atoms with Gasteiger partial charge in [-0.2, -0.15) is 0 Å². The van der Waals surface area contributed by atoms with Crippen LogP contribution in [0.3, 0.4) is 0 Å². The number of aromatic nitrogens is 2. The molecule has 0 fully saturated rings. The van der Waals surface area contributed by atoms with E-state index >= 15 is 0 Å². The molecular weight excluding hydrogens is 340 g/mol. The van der Waals surface area contributed by atoms with Crippen molar-refractivity contribution in [3.05, 3.63) is 77.1 Å². The van der Waals surface area contributed by atoms with E-state index in [4.69, 9.17) is 11.6 Å². The van der Waals surface area contributed by atoms with Gasteiger partial charge in [-0.05, 0) is 49.4 Å². The Labute approximate surface area is 158 Å². The highest BCUT2D eigenvalue weighted by molar-refractivity contribution is 6.30. The second-order valence-corrected chi connectivity index (χ2v) is 7.68. The third-order valence-electron chi connectivity index (χ3n) is 5.48. The molecule has 130 valence electrons. The highest BCUT2D eigenvalue weighted by Crippen LogP contribution is 2.36. The molecule has 0 aliphatic carbocycles. The number of hydrogen-bond acceptors (Lipinski definition) is 0. The molecule has 0 amide bonds.